The second-order valence-corrected chi connectivity index (χ2v) is 5.60. The van der Waals surface area contributed by atoms with Crippen molar-refractivity contribution >= 4 is 23.0 Å². The summed E-state index contributed by atoms with van der Waals surface area (Å²) in [6.45, 7) is 4.81. The summed E-state index contributed by atoms with van der Waals surface area (Å²) in [5.41, 5.74) is 2.80. The van der Waals surface area contributed by atoms with E-state index in [2.05, 4.69) is 31.3 Å². The molecule has 4 nitrogen and oxygen atoms in total. The number of nitrogens with one attached hydrogen (secondary N) is 1. The van der Waals surface area contributed by atoms with Gasteiger partial charge >= 0.3 is 0 Å². The van der Waals surface area contributed by atoms with E-state index in [1.807, 2.05) is 12.1 Å². The molecule has 0 bridgehead atoms. The van der Waals surface area contributed by atoms with Gasteiger partial charge in [-0.15, -0.1) is 0 Å². The average molecular weight is 305 g/mol. The first-order chi connectivity index (χ1) is 9.97. The van der Waals surface area contributed by atoms with E-state index >= 15 is 0 Å². The fraction of sp³-hybridized carbons (Fsp3) is 0.250. The van der Waals surface area contributed by atoms with Crippen LogP contribution in [0.2, 0.25) is 5.02 Å². The summed E-state index contributed by atoms with van der Waals surface area (Å²) in [6.07, 6.45) is 0. The van der Waals surface area contributed by atoms with Crippen molar-refractivity contribution in [1.29, 1.82) is 0 Å². The molecule has 2 rings (SSSR count). The Morgan fingerprint density at radius 2 is 1.86 bits per heavy atom. The first-order valence-corrected chi connectivity index (χ1v) is 7.12. The minimum absolute atomic E-state index is 0.0127. The highest BCUT2D eigenvalue weighted by atomic mass is 35.5. The molecule has 0 saturated heterocycles. The molecule has 0 radical (unpaired) electrons. The molecule has 0 atom stereocenters. The summed E-state index contributed by atoms with van der Waals surface area (Å²) in [5.74, 6) is 0.490. The highest BCUT2D eigenvalue weighted by molar-refractivity contribution is 6.30. The van der Waals surface area contributed by atoms with Crippen LogP contribution in [0.4, 0.5) is 11.4 Å². The summed E-state index contributed by atoms with van der Waals surface area (Å²) < 4.78 is 0. The van der Waals surface area contributed by atoms with Crippen LogP contribution >= 0.6 is 11.6 Å². The van der Waals surface area contributed by atoms with Crippen LogP contribution in [0.1, 0.15) is 30.9 Å². The van der Waals surface area contributed by atoms with Crippen LogP contribution in [-0.4, -0.2) is 4.92 Å². The lowest BCUT2D eigenvalue weighted by Crippen LogP contribution is -2.02. The van der Waals surface area contributed by atoms with Gasteiger partial charge in [0.15, 0.2) is 0 Å². The lowest BCUT2D eigenvalue weighted by Gasteiger charge is -2.09. The third kappa shape index (κ3) is 3.95. The Morgan fingerprint density at radius 1 is 1.19 bits per heavy atom. The number of halogens is 1. The van der Waals surface area contributed by atoms with E-state index in [1.54, 1.807) is 12.1 Å². The summed E-state index contributed by atoms with van der Waals surface area (Å²) >= 11 is 5.79. The van der Waals surface area contributed by atoms with E-state index in [1.165, 1.54) is 11.6 Å². The third-order valence-electron chi connectivity index (χ3n) is 3.29. The molecule has 0 saturated carbocycles. The number of nitro groups is 1. The van der Waals surface area contributed by atoms with Crippen molar-refractivity contribution in [3.8, 4) is 0 Å². The van der Waals surface area contributed by atoms with Gasteiger partial charge in [-0.3, -0.25) is 10.1 Å². The van der Waals surface area contributed by atoms with E-state index in [0.29, 0.717) is 23.2 Å². The van der Waals surface area contributed by atoms with E-state index < -0.39 is 4.92 Å². The second-order valence-electron chi connectivity index (χ2n) is 5.17. The number of rotatable bonds is 5. The average Bonchev–Trinajstić information content (AvgIpc) is 2.46. The number of hydrogen-bond acceptors (Lipinski definition) is 3. The zero-order valence-electron chi connectivity index (χ0n) is 12.0. The Hall–Kier alpha value is -2.07. The normalized spacial score (nSPS) is 10.7. The minimum Gasteiger partial charge on any atom is -0.375 e. The molecule has 0 aliphatic heterocycles. The van der Waals surface area contributed by atoms with Gasteiger partial charge in [-0.25, -0.2) is 0 Å². The molecule has 5 heteroatoms. The maximum Gasteiger partial charge on any atom is 0.293 e. The van der Waals surface area contributed by atoms with Gasteiger partial charge < -0.3 is 5.32 Å². The van der Waals surface area contributed by atoms with Crippen molar-refractivity contribution in [2.75, 3.05) is 5.32 Å². The monoisotopic (exact) mass is 304 g/mol. The number of nitro benzene ring substituents is 1. The Balaban J connectivity index is 2.11. The van der Waals surface area contributed by atoms with Crippen molar-refractivity contribution in [3.05, 3.63) is 68.7 Å². The van der Waals surface area contributed by atoms with Gasteiger partial charge in [-0.05, 0) is 29.2 Å². The number of benzene rings is 2. The van der Waals surface area contributed by atoms with Gasteiger partial charge in [0, 0.05) is 17.6 Å². The predicted molar refractivity (Wildman–Crippen MR) is 86.0 cm³/mol. The Labute approximate surface area is 128 Å². The first kappa shape index (κ1) is 15.3. The van der Waals surface area contributed by atoms with E-state index in [4.69, 9.17) is 11.6 Å². The van der Waals surface area contributed by atoms with Gasteiger partial charge in [0.2, 0.25) is 0 Å². The maximum absolute atomic E-state index is 11.0. The van der Waals surface area contributed by atoms with Crippen LogP contribution in [0.5, 0.6) is 0 Å². The largest absolute Gasteiger partial charge is 0.375 e. The number of anilines is 1. The lowest BCUT2D eigenvalue weighted by atomic mass is 10.0. The molecule has 2 aromatic carbocycles. The highest BCUT2D eigenvalue weighted by Crippen LogP contribution is 2.28. The van der Waals surface area contributed by atoms with E-state index in [-0.39, 0.29) is 5.69 Å². The summed E-state index contributed by atoms with van der Waals surface area (Å²) in [7, 11) is 0. The van der Waals surface area contributed by atoms with Crippen LogP contribution in [0.3, 0.4) is 0 Å². The zero-order chi connectivity index (χ0) is 15.4. The smallest absolute Gasteiger partial charge is 0.293 e. The van der Waals surface area contributed by atoms with Crippen molar-refractivity contribution in [2.45, 2.75) is 26.3 Å². The molecular formula is C16H17ClN2O2. The van der Waals surface area contributed by atoms with Crippen molar-refractivity contribution in [2.24, 2.45) is 0 Å². The first-order valence-electron chi connectivity index (χ1n) is 6.74. The van der Waals surface area contributed by atoms with Crippen molar-refractivity contribution in [3.63, 3.8) is 0 Å². The van der Waals surface area contributed by atoms with Crippen LogP contribution < -0.4 is 5.32 Å². The zero-order valence-corrected chi connectivity index (χ0v) is 12.7. The third-order valence-corrected chi connectivity index (χ3v) is 3.52. The molecule has 0 unspecified atom stereocenters. The van der Waals surface area contributed by atoms with Gasteiger partial charge in [-0.2, -0.15) is 0 Å². The number of nitrogens with zero attached hydrogens (tertiary/aromatic N) is 1. The second kappa shape index (κ2) is 6.59. The predicted octanol–water partition coefficient (Wildman–Crippen LogP) is 4.98. The Kier molecular flexibility index (Phi) is 4.81. The fourth-order valence-electron chi connectivity index (χ4n) is 2.02. The molecule has 0 aliphatic rings. The van der Waals surface area contributed by atoms with Crippen LogP contribution in [-0.2, 0) is 6.54 Å². The minimum atomic E-state index is -0.434. The molecule has 0 aliphatic carbocycles. The maximum atomic E-state index is 11.0. The van der Waals surface area contributed by atoms with Crippen molar-refractivity contribution < 1.29 is 4.92 Å². The fourth-order valence-corrected chi connectivity index (χ4v) is 2.19. The molecule has 21 heavy (non-hydrogen) atoms. The molecule has 0 amide bonds. The molecule has 2 aromatic rings. The highest BCUT2D eigenvalue weighted by Gasteiger charge is 2.13. The van der Waals surface area contributed by atoms with Crippen LogP contribution in [0.25, 0.3) is 0 Å². The van der Waals surface area contributed by atoms with Gasteiger partial charge in [0.05, 0.1) is 4.92 Å². The van der Waals surface area contributed by atoms with Gasteiger partial charge in [-0.1, -0.05) is 49.7 Å². The summed E-state index contributed by atoms with van der Waals surface area (Å²) in [4.78, 5) is 10.6. The molecule has 1 N–H and O–H groups in total. The quantitative estimate of drug-likeness (QED) is 0.626. The molecule has 0 heterocycles. The molecular weight excluding hydrogens is 288 g/mol. The standard InChI is InChI=1S/C16H17ClN2O2/c1-11(2)13-5-3-12(4-6-13)10-18-15-8-7-14(17)9-16(15)19(20)21/h3-9,11,18H,10H2,1-2H3. The van der Waals surface area contributed by atoms with Gasteiger partial charge in [0.25, 0.3) is 5.69 Å². The molecule has 0 aromatic heterocycles. The van der Waals surface area contributed by atoms with Crippen molar-refractivity contribution in [1.82, 2.24) is 0 Å². The van der Waals surface area contributed by atoms with Crippen LogP contribution in [0, 0.1) is 10.1 Å². The Bertz CT molecular complexity index is 639. The summed E-state index contributed by atoms with van der Waals surface area (Å²) in [5, 5.41) is 14.5. The molecule has 110 valence electrons. The number of hydrogen-bond donors (Lipinski definition) is 1. The SMILES string of the molecule is CC(C)c1ccc(CNc2ccc(Cl)cc2[N+](=O)[O-])cc1. The summed E-state index contributed by atoms with van der Waals surface area (Å²) in [6, 6.07) is 12.8. The Morgan fingerprint density at radius 3 is 2.43 bits per heavy atom. The van der Waals surface area contributed by atoms with Crippen LogP contribution in [0.15, 0.2) is 42.5 Å². The molecule has 0 fully saturated rings. The lowest BCUT2D eigenvalue weighted by molar-refractivity contribution is -0.383. The molecule has 0 spiro atoms. The van der Waals surface area contributed by atoms with E-state index in [0.717, 1.165) is 5.56 Å². The van der Waals surface area contributed by atoms with E-state index in [9.17, 15) is 10.1 Å². The van der Waals surface area contributed by atoms with Gasteiger partial charge in [0.1, 0.15) is 5.69 Å². The topological polar surface area (TPSA) is 55.2 Å².